The van der Waals surface area contributed by atoms with Gasteiger partial charge in [0.25, 0.3) is 0 Å². The van der Waals surface area contributed by atoms with Crippen molar-refractivity contribution in [3.05, 3.63) is 28.8 Å². The van der Waals surface area contributed by atoms with Crippen molar-refractivity contribution in [1.82, 2.24) is 4.90 Å². The fraction of sp³-hybridized carbons (Fsp3) is 0.385. The van der Waals surface area contributed by atoms with Crippen LogP contribution < -0.4 is 5.32 Å². The van der Waals surface area contributed by atoms with E-state index in [1.54, 1.807) is 18.2 Å². The highest BCUT2D eigenvalue weighted by Crippen LogP contribution is 2.19. The normalized spacial score (nSPS) is 10.2. The number of aliphatic hydroxyl groups is 2. The van der Waals surface area contributed by atoms with Crippen LogP contribution in [0.3, 0.4) is 0 Å². The van der Waals surface area contributed by atoms with Gasteiger partial charge in [-0.3, -0.25) is 9.59 Å². The Bertz CT molecular complexity index is 487. The van der Waals surface area contributed by atoms with Crippen LogP contribution in [0, 0.1) is 6.92 Å². The van der Waals surface area contributed by atoms with E-state index in [1.165, 1.54) is 0 Å². The minimum absolute atomic E-state index is 0.0124. The molecule has 110 valence electrons. The van der Waals surface area contributed by atoms with Crippen molar-refractivity contribution >= 4 is 29.1 Å². The second kappa shape index (κ2) is 7.84. The summed E-state index contributed by atoms with van der Waals surface area (Å²) in [4.78, 5) is 24.7. The predicted molar refractivity (Wildman–Crippen MR) is 75.6 cm³/mol. The Labute approximate surface area is 122 Å². The van der Waals surface area contributed by atoms with Crippen LogP contribution in [0.25, 0.3) is 0 Å². The van der Waals surface area contributed by atoms with Gasteiger partial charge in [0.05, 0.1) is 13.2 Å². The van der Waals surface area contributed by atoms with Crippen molar-refractivity contribution in [2.75, 3.05) is 31.6 Å². The maximum atomic E-state index is 11.8. The first-order chi connectivity index (χ1) is 9.49. The number of aliphatic hydroxyl groups excluding tert-OH is 2. The average molecular weight is 301 g/mol. The van der Waals surface area contributed by atoms with Crippen LogP contribution in [0.2, 0.25) is 5.02 Å². The Kier molecular flexibility index (Phi) is 6.44. The zero-order valence-corrected chi connectivity index (χ0v) is 11.9. The topological polar surface area (TPSA) is 89.9 Å². The molecule has 3 N–H and O–H groups in total. The SMILES string of the molecule is Cc1ccc(NC(=O)C(=O)N(CCO)CCO)cc1Cl. The molecule has 0 aliphatic heterocycles. The minimum Gasteiger partial charge on any atom is -0.395 e. The molecule has 1 aromatic rings. The van der Waals surface area contributed by atoms with Crippen LogP contribution >= 0.6 is 11.6 Å². The van der Waals surface area contributed by atoms with Gasteiger partial charge in [-0.05, 0) is 24.6 Å². The lowest BCUT2D eigenvalue weighted by Crippen LogP contribution is -2.42. The first-order valence-corrected chi connectivity index (χ1v) is 6.45. The highest BCUT2D eigenvalue weighted by molar-refractivity contribution is 6.39. The number of carbonyl (C=O) groups excluding carboxylic acids is 2. The fourth-order valence-corrected chi connectivity index (χ4v) is 1.74. The quantitative estimate of drug-likeness (QED) is 0.687. The third-order valence-electron chi connectivity index (χ3n) is 2.65. The van der Waals surface area contributed by atoms with E-state index in [0.717, 1.165) is 10.5 Å². The molecule has 1 rings (SSSR count). The number of aryl methyl sites for hydroxylation is 1. The van der Waals surface area contributed by atoms with Gasteiger partial charge in [-0.2, -0.15) is 0 Å². The molecule has 0 saturated carbocycles. The number of anilines is 1. The number of nitrogens with zero attached hydrogens (tertiary/aromatic N) is 1. The van der Waals surface area contributed by atoms with Crippen LogP contribution in [0.5, 0.6) is 0 Å². The molecular weight excluding hydrogens is 284 g/mol. The molecule has 0 heterocycles. The number of nitrogens with one attached hydrogen (secondary N) is 1. The van der Waals surface area contributed by atoms with E-state index in [0.29, 0.717) is 10.7 Å². The molecule has 1 aromatic carbocycles. The van der Waals surface area contributed by atoms with Gasteiger partial charge in [0.15, 0.2) is 0 Å². The molecule has 0 unspecified atom stereocenters. The first-order valence-electron chi connectivity index (χ1n) is 6.07. The van der Waals surface area contributed by atoms with Crippen molar-refractivity contribution in [3.8, 4) is 0 Å². The Morgan fingerprint density at radius 3 is 2.35 bits per heavy atom. The summed E-state index contributed by atoms with van der Waals surface area (Å²) in [6, 6.07) is 4.90. The highest BCUT2D eigenvalue weighted by Gasteiger charge is 2.21. The van der Waals surface area contributed by atoms with Gasteiger partial charge >= 0.3 is 11.8 Å². The van der Waals surface area contributed by atoms with Crippen LogP contribution in [-0.2, 0) is 9.59 Å². The number of hydrogen-bond acceptors (Lipinski definition) is 4. The van der Waals surface area contributed by atoms with Gasteiger partial charge in [0.1, 0.15) is 0 Å². The molecule has 6 nitrogen and oxygen atoms in total. The van der Waals surface area contributed by atoms with Gasteiger partial charge in [-0.1, -0.05) is 17.7 Å². The van der Waals surface area contributed by atoms with Crippen LogP contribution in [0.4, 0.5) is 5.69 Å². The fourth-order valence-electron chi connectivity index (χ4n) is 1.56. The summed E-state index contributed by atoms with van der Waals surface area (Å²) in [5.41, 5.74) is 1.27. The van der Waals surface area contributed by atoms with Gasteiger partial charge in [0, 0.05) is 23.8 Å². The summed E-state index contributed by atoms with van der Waals surface area (Å²) >= 11 is 5.93. The summed E-state index contributed by atoms with van der Waals surface area (Å²) in [6.07, 6.45) is 0. The lowest BCUT2D eigenvalue weighted by molar-refractivity contribution is -0.143. The molecule has 20 heavy (non-hydrogen) atoms. The number of rotatable bonds is 5. The molecule has 0 spiro atoms. The van der Waals surface area contributed by atoms with E-state index in [-0.39, 0.29) is 26.3 Å². The number of carbonyl (C=O) groups is 2. The summed E-state index contributed by atoms with van der Waals surface area (Å²) in [6.45, 7) is 1.23. The van der Waals surface area contributed by atoms with Crippen molar-refractivity contribution in [2.24, 2.45) is 0 Å². The Morgan fingerprint density at radius 1 is 1.25 bits per heavy atom. The highest BCUT2D eigenvalue weighted by atomic mass is 35.5. The zero-order chi connectivity index (χ0) is 15.1. The third-order valence-corrected chi connectivity index (χ3v) is 3.06. The summed E-state index contributed by atoms with van der Waals surface area (Å²) in [5.74, 6) is -1.66. The van der Waals surface area contributed by atoms with Crippen molar-refractivity contribution in [1.29, 1.82) is 0 Å². The first kappa shape index (κ1) is 16.4. The molecular formula is C13H17ClN2O4. The summed E-state index contributed by atoms with van der Waals surface area (Å²) in [7, 11) is 0. The largest absolute Gasteiger partial charge is 0.395 e. The smallest absolute Gasteiger partial charge is 0.313 e. The standard InChI is InChI=1S/C13H17ClN2O4/c1-9-2-3-10(8-11(9)14)15-12(19)13(20)16(4-6-17)5-7-18/h2-3,8,17-18H,4-7H2,1H3,(H,15,19). The maximum Gasteiger partial charge on any atom is 0.313 e. The van der Waals surface area contributed by atoms with Crippen LogP contribution in [-0.4, -0.2) is 53.2 Å². The molecule has 2 amide bonds. The number of halogens is 1. The third kappa shape index (κ3) is 4.48. The Morgan fingerprint density at radius 2 is 1.85 bits per heavy atom. The van der Waals surface area contributed by atoms with E-state index < -0.39 is 11.8 Å². The van der Waals surface area contributed by atoms with E-state index >= 15 is 0 Å². The molecule has 0 bridgehead atoms. The molecule has 0 aliphatic carbocycles. The lowest BCUT2D eigenvalue weighted by Gasteiger charge is -2.19. The average Bonchev–Trinajstić information content (AvgIpc) is 2.42. The Hall–Kier alpha value is -1.63. The maximum absolute atomic E-state index is 11.8. The monoisotopic (exact) mass is 300 g/mol. The number of benzene rings is 1. The zero-order valence-electron chi connectivity index (χ0n) is 11.1. The Balaban J connectivity index is 2.73. The van der Waals surface area contributed by atoms with Crippen molar-refractivity contribution in [2.45, 2.75) is 6.92 Å². The second-order valence-corrected chi connectivity index (χ2v) is 4.56. The van der Waals surface area contributed by atoms with E-state index in [9.17, 15) is 9.59 Å². The molecule has 0 fully saturated rings. The van der Waals surface area contributed by atoms with Gasteiger partial charge in [-0.15, -0.1) is 0 Å². The minimum atomic E-state index is -0.841. The molecule has 0 aromatic heterocycles. The summed E-state index contributed by atoms with van der Waals surface area (Å²) < 4.78 is 0. The van der Waals surface area contributed by atoms with E-state index in [4.69, 9.17) is 21.8 Å². The van der Waals surface area contributed by atoms with E-state index in [2.05, 4.69) is 5.32 Å². The summed E-state index contributed by atoms with van der Waals surface area (Å²) in [5, 5.41) is 20.6. The van der Waals surface area contributed by atoms with Gasteiger partial charge in [0.2, 0.25) is 0 Å². The lowest BCUT2D eigenvalue weighted by atomic mass is 10.2. The van der Waals surface area contributed by atoms with Gasteiger partial charge < -0.3 is 20.4 Å². The van der Waals surface area contributed by atoms with Gasteiger partial charge in [-0.25, -0.2) is 0 Å². The number of amides is 2. The number of hydrogen-bond donors (Lipinski definition) is 3. The van der Waals surface area contributed by atoms with Crippen LogP contribution in [0.15, 0.2) is 18.2 Å². The second-order valence-electron chi connectivity index (χ2n) is 4.16. The molecule has 0 aliphatic rings. The molecule has 7 heteroatoms. The van der Waals surface area contributed by atoms with Crippen LogP contribution in [0.1, 0.15) is 5.56 Å². The van der Waals surface area contributed by atoms with Crippen molar-refractivity contribution in [3.63, 3.8) is 0 Å². The predicted octanol–water partition coefficient (Wildman–Crippen LogP) is 0.400. The molecule has 0 saturated heterocycles. The molecule has 0 atom stereocenters. The van der Waals surface area contributed by atoms with E-state index in [1.807, 2.05) is 6.92 Å². The van der Waals surface area contributed by atoms with Crippen molar-refractivity contribution < 1.29 is 19.8 Å². The molecule has 0 radical (unpaired) electrons.